The van der Waals surface area contributed by atoms with Gasteiger partial charge in [-0.2, -0.15) is 5.10 Å². The molecule has 1 radical (unpaired) electrons. The fourth-order valence-corrected chi connectivity index (χ4v) is 0.352. The van der Waals surface area contributed by atoms with Crippen LogP contribution in [-0.2, 0) is 0 Å². The van der Waals surface area contributed by atoms with Gasteiger partial charge in [0.2, 0.25) is 0 Å². The monoisotopic (exact) mass is 117 g/mol. The first-order chi connectivity index (χ1) is 3.80. The Morgan fingerprint density at radius 2 is 2.50 bits per heavy atom. The zero-order valence-corrected chi connectivity index (χ0v) is 3.86. The van der Waals surface area contributed by atoms with E-state index in [0.29, 0.717) is 0 Å². The number of nitrogens with one attached hydrogen (secondary N) is 1. The minimum absolute atomic E-state index is 0.329. The van der Waals surface area contributed by atoms with Crippen molar-refractivity contribution in [3.05, 3.63) is 18.0 Å². The Morgan fingerprint density at radius 1 is 1.75 bits per heavy atom. The van der Waals surface area contributed by atoms with Crippen molar-refractivity contribution in [1.82, 2.24) is 10.2 Å². The first-order valence-corrected chi connectivity index (χ1v) is 2.00. The summed E-state index contributed by atoms with van der Waals surface area (Å²) in [7, 11) is 0. The van der Waals surface area contributed by atoms with Crippen molar-refractivity contribution in [2.45, 2.75) is 6.43 Å². The fraction of sp³-hybridized carbons (Fsp3) is 0.250. The summed E-state index contributed by atoms with van der Waals surface area (Å²) in [5.74, 6) is 0. The number of H-pyrrole nitrogens is 1. The molecule has 0 unspecified atom stereocenters. The Labute approximate surface area is 44.5 Å². The minimum atomic E-state index is -2.51. The molecule has 0 aliphatic carbocycles. The Hall–Kier alpha value is -0.930. The van der Waals surface area contributed by atoms with E-state index in [0.717, 1.165) is 0 Å². The molecule has 0 fully saturated rings. The van der Waals surface area contributed by atoms with Crippen LogP contribution in [0.5, 0.6) is 0 Å². The minimum Gasteiger partial charge on any atom is -0.285 e. The average Bonchev–Trinajstić information content (AvgIpc) is 2.12. The molecule has 0 aromatic carbocycles. The van der Waals surface area contributed by atoms with Crippen LogP contribution in [0.2, 0.25) is 0 Å². The van der Waals surface area contributed by atoms with Crippen molar-refractivity contribution >= 4 is 0 Å². The number of nitrogens with zero attached hydrogens (tertiary/aromatic N) is 1. The van der Waals surface area contributed by atoms with Crippen molar-refractivity contribution < 1.29 is 8.78 Å². The van der Waals surface area contributed by atoms with Crippen LogP contribution in [0.25, 0.3) is 0 Å². The summed E-state index contributed by atoms with van der Waals surface area (Å²) in [5.41, 5.74) is -0.329. The summed E-state index contributed by atoms with van der Waals surface area (Å²) in [6.07, 6.45) is -1.28. The summed E-state index contributed by atoms with van der Waals surface area (Å²) in [4.78, 5) is 0. The first-order valence-electron chi connectivity index (χ1n) is 2.00. The molecule has 8 heavy (non-hydrogen) atoms. The molecule has 2 nitrogen and oxygen atoms in total. The van der Waals surface area contributed by atoms with Crippen LogP contribution in [-0.4, -0.2) is 10.2 Å². The predicted octanol–water partition coefficient (Wildman–Crippen LogP) is 1.15. The van der Waals surface area contributed by atoms with E-state index in [1.54, 1.807) is 0 Å². The lowest BCUT2D eigenvalue weighted by molar-refractivity contribution is 0.145. The van der Waals surface area contributed by atoms with Crippen LogP contribution in [0.15, 0.2) is 6.20 Å². The van der Waals surface area contributed by atoms with Crippen LogP contribution >= 0.6 is 0 Å². The maximum atomic E-state index is 11.5. The lowest BCUT2D eigenvalue weighted by Gasteiger charge is -1.85. The molecule has 0 saturated carbocycles. The van der Waals surface area contributed by atoms with E-state index < -0.39 is 6.43 Å². The lowest BCUT2D eigenvalue weighted by Crippen LogP contribution is -1.81. The fourth-order valence-electron chi connectivity index (χ4n) is 0.352. The van der Waals surface area contributed by atoms with E-state index in [9.17, 15) is 8.78 Å². The van der Waals surface area contributed by atoms with Crippen LogP contribution in [0.1, 0.15) is 12.1 Å². The van der Waals surface area contributed by atoms with Gasteiger partial charge < -0.3 is 0 Å². The Kier molecular flexibility index (Phi) is 1.24. The van der Waals surface area contributed by atoms with Crippen molar-refractivity contribution in [3.63, 3.8) is 0 Å². The van der Waals surface area contributed by atoms with E-state index in [1.807, 2.05) is 0 Å². The van der Waals surface area contributed by atoms with Crippen molar-refractivity contribution in [2.75, 3.05) is 0 Å². The Bertz CT molecular complexity index is 147. The van der Waals surface area contributed by atoms with Crippen LogP contribution < -0.4 is 0 Å². The third-order valence-corrected chi connectivity index (χ3v) is 0.676. The molecule has 1 aromatic heterocycles. The smallest absolute Gasteiger partial charge is 0.282 e. The SMILES string of the molecule is FC(F)c1[c]c[nH]n1. The van der Waals surface area contributed by atoms with Crippen LogP contribution in [0.4, 0.5) is 8.78 Å². The van der Waals surface area contributed by atoms with Crippen LogP contribution in [0.3, 0.4) is 0 Å². The molecule has 4 heteroatoms. The molecule has 1 aromatic rings. The van der Waals surface area contributed by atoms with Gasteiger partial charge in [0.25, 0.3) is 6.43 Å². The number of alkyl halides is 2. The molecule has 1 heterocycles. The van der Waals surface area contributed by atoms with Gasteiger partial charge in [0.1, 0.15) is 5.69 Å². The topological polar surface area (TPSA) is 28.7 Å². The largest absolute Gasteiger partial charge is 0.285 e. The second-order valence-electron chi connectivity index (χ2n) is 1.22. The predicted molar refractivity (Wildman–Crippen MR) is 22.4 cm³/mol. The third-order valence-electron chi connectivity index (χ3n) is 0.676. The number of halogens is 2. The summed E-state index contributed by atoms with van der Waals surface area (Å²) >= 11 is 0. The summed E-state index contributed by atoms with van der Waals surface area (Å²) in [6, 6.07) is 2.22. The highest BCUT2D eigenvalue weighted by Gasteiger charge is 2.07. The second kappa shape index (κ2) is 1.90. The zero-order valence-electron chi connectivity index (χ0n) is 3.86. The molecule has 1 N–H and O–H groups in total. The van der Waals surface area contributed by atoms with E-state index in [2.05, 4.69) is 16.3 Å². The van der Waals surface area contributed by atoms with E-state index in [-0.39, 0.29) is 5.69 Å². The number of aromatic amines is 1. The zero-order chi connectivity index (χ0) is 5.98. The molecule has 0 aliphatic rings. The lowest BCUT2D eigenvalue weighted by atomic mass is 10.5. The van der Waals surface area contributed by atoms with Gasteiger partial charge in [-0.05, 0) is 0 Å². The van der Waals surface area contributed by atoms with E-state index in [1.165, 1.54) is 6.20 Å². The van der Waals surface area contributed by atoms with Gasteiger partial charge in [0.15, 0.2) is 0 Å². The van der Waals surface area contributed by atoms with Gasteiger partial charge >= 0.3 is 0 Å². The van der Waals surface area contributed by atoms with E-state index >= 15 is 0 Å². The average molecular weight is 117 g/mol. The molecule has 0 amide bonds. The number of hydrogen-bond acceptors (Lipinski definition) is 1. The molecule has 0 saturated heterocycles. The van der Waals surface area contributed by atoms with Crippen LogP contribution in [0, 0.1) is 6.07 Å². The number of hydrogen-bond donors (Lipinski definition) is 1. The number of aromatic nitrogens is 2. The van der Waals surface area contributed by atoms with Gasteiger partial charge in [-0.25, -0.2) is 8.78 Å². The van der Waals surface area contributed by atoms with E-state index in [4.69, 9.17) is 0 Å². The molecule has 0 atom stereocenters. The third kappa shape index (κ3) is 0.828. The molecule has 1 rings (SSSR count). The Balaban J connectivity index is 2.77. The van der Waals surface area contributed by atoms with Gasteiger partial charge in [-0.1, -0.05) is 0 Å². The quantitative estimate of drug-likeness (QED) is 0.587. The number of rotatable bonds is 1. The first kappa shape index (κ1) is 5.21. The van der Waals surface area contributed by atoms with Crippen molar-refractivity contribution in [1.29, 1.82) is 0 Å². The molecule has 0 spiro atoms. The summed E-state index contributed by atoms with van der Waals surface area (Å²) in [6.45, 7) is 0. The normalized spacial score (nSPS) is 10.4. The standard InChI is InChI=1S/C4H3F2N2/c5-4(6)3-1-2-7-8-3/h2,4H,(H,7,8). The highest BCUT2D eigenvalue weighted by molar-refractivity contribution is 4.95. The van der Waals surface area contributed by atoms with Gasteiger partial charge in [0, 0.05) is 12.3 Å². The van der Waals surface area contributed by atoms with Gasteiger partial charge in [-0.3, -0.25) is 5.10 Å². The van der Waals surface area contributed by atoms with Gasteiger partial charge in [-0.15, -0.1) is 0 Å². The van der Waals surface area contributed by atoms with Gasteiger partial charge in [0.05, 0.1) is 0 Å². The molecular formula is C4H3F2N2. The van der Waals surface area contributed by atoms with Crippen molar-refractivity contribution in [2.24, 2.45) is 0 Å². The van der Waals surface area contributed by atoms with Crippen molar-refractivity contribution in [3.8, 4) is 0 Å². The molecule has 43 valence electrons. The molecule has 0 aliphatic heterocycles. The maximum Gasteiger partial charge on any atom is 0.282 e. The molecular weight excluding hydrogens is 114 g/mol. The maximum absolute atomic E-state index is 11.5. The second-order valence-corrected chi connectivity index (χ2v) is 1.22. The highest BCUT2D eigenvalue weighted by Crippen LogP contribution is 2.12. The summed E-state index contributed by atoms with van der Waals surface area (Å²) in [5, 5.41) is 5.41. The summed E-state index contributed by atoms with van der Waals surface area (Å²) < 4.78 is 23.0. The Morgan fingerprint density at radius 3 is 2.75 bits per heavy atom. The highest BCUT2D eigenvalue weighted by atomic mass is 19.3. The molecule has 0 bridgehead atoms.